The van der Waals surface area contributed by atoms with Gasteiger partial charge in [-0.1, -0.05) is 19.1 Å². The Morgan fingerprint density at radius 1 is 1.33 bits per heavy atom. The van der Waals surface area contributed by atoms with Crippen molar-refractivity contribution in [3.05, 3.63) is 58.3 Å². The van der Waals surface area contributed by atoms with Crippen LogP contribution < -0.4 is 5.32 Å². The molecule has 0 radical (unpaired) electrons. The van der Waals surface area contributed by atoms with Crippen molar-refractivity contribution in [2.45, 2.75) is 13.3 Å². The number of carbonyl (C=O) groups excluding carboxylic acids is 1. The van der Waals surface area contributed by atoms with Crippen molar-refractivity contribution >= 4 is 27.5 Å². The molecule has 0 fully saturated rings. The van der Waals surface area contributed by atoms with E-state index in [4.69, 9.17) is 0 Å². The minimum atomic E-state index is -0.150. The van der Waals surface area contributed by atoms with E-state index in [1.165, 1.54) is 5.56 Å². The Balaban J connectivity index is 2.13. The Bertz CT molecular complexity index is 552. The van der Waals surface area contributed by atoms with E-state index in [-0.39, 0.29) is 5.91 Å². The Hall–Kier alpha value is -1.68. The van der Waals surface area contributed by atoms with E-state index < -0.39 is 0 Å². The van der Waals surface area contributed by atoms with Gasteiger partial charge in [0.25, 0.3) is 5.91 Å². The highest BCUT2D eigenvalue weighted by atomic mass is 79.9. The molecule has 0 saturated heterocycles. The monoisotopic (exact) mass is 304 g/mol. The van der Waals surface area contributed by atoms with Gasteiger partial charge in [0.05, 0.1) is 5.56 Å². The standard InChI is InChI=1S/C14H13BrN2O/c1-2-10-4-3-5-12(8-10)17-14(18)11-6-7-13(15)16-9-11/h3-9H,2H2,1H3,(H,17,18). The molecular formula is C14H13BrN2O. The lowest BCUT2D eigenvalue weighted by Crippen LogP contribution is -2.12. The second-order valence-electron chi connectivity index (χ2n) is 3.88. The van der Waals surface area contributed by atoms with Gasteiger partial charge in [-0.25, -0.2) is 4.98 Å². The maximum atomic E-state index is 12.0. The molecule has 0 aliphatic rings. The van der Waals surface area contributed by atoms with Crippen molar-refractivity contribution in [1.29, 1.82) is 0 Å². The van der Waals surface area contributed by atoms with Gasteiger partial charge in [-0.15, -0.1) is 0 Å². The highest BCUT2D eigenvalue weighted by Gasteiger charge is 2.06. The SMILES string of the molecule is CCc1cccc(NC(=O)c2ccc(Br)nc2)c1. The summed E-state index contributed by atoms with van der Waals surface area (Å²) in [5.41, 5.74) is 2.55. The van der Waals surface area contributed by atoms with Gasteiger partial charge in [-0.3, -0.25) is 4.79 Å². The second-order valence-corrected chi connectivity index (χ2v) is 4.69. The summed E-state index contributed by atoms with van der Waals surface area (Å²) >= 11 is 3.24. The van der Waals surface area contributed by atoms with Crippen molar-refractivity contribution in [2.24, 2.45) is 0 Å². The fourth-order valence-electron chi connectivity index (χ4n) is 1.58. The first-order valence-electron chi connectivity index (χ1n) is 5.71. The zero-order valence-electron chi connectivity index (χ0n) is 9.98. The molecule has 2 rings (SSSR count). The number of rotatable bonds is 3. The smallest absolute Gasteiger partial charge is 0.257 e. The zero-order valence-corrected chi connectivity index (χ0v) is 11.6. The molecule has 1 amide bonds. The normalized spacial score (nSPS) is 10.1. The average Bonchev–Trinajstić information content (AvgIpc) is 2.39. The first-order chi connectivity index (χ1) is 8.69. The number of amides is 1. The van der Waals surface area contributed by atoms with Crippen LogP contribution in [0.15, 0.2) is 47.2 Å². The van der Waals surface area contributed by atoms with Crippen LogP contribution in [0.1, 0.15) is 22.8 Å². The van der Waals surface area contributed by atoms with Crippen LogP contribution >= 0.6 is 15.9 Å². The summed E-state index contributed by atoms with van der Waals surface area (Å²) in [6, 6.07) is 11.3. The summed E-state index contributed by atoms with van der Waals surface area (Å²) in [6.45, 7) is 2.08. The van der Waals surface area contributed by atoms with Crippen molar-refractivity contribution in [3.8, 4) is 0 Å². The van der Waals surface area contributed by atoms with Gasteiger partial charge in [0.1, 0.15) is 4.60 Å². The molecule has 1 aromatic heterocycles. The van der Waals surface area contributed by atoms with Gasteiger partial charge in [0, 0.05) is 11.9 Å². The quantitative estimate of drug-likeness (QED) is 0.879. The number of hydrogen-bond donors (Lipinski definition) is 1. The molecule has 1 heterocycles. The number of carbonyl (C=O) groups is 1. The Morgan fingerprint density at radius 2 is 2.17 bits per heavy atom. The van der Waals surface area contributed by atoms with E-state index in [2.05, 4.69) is 33.2 Å². The maximum Gasteiger partial charge on any atom is 0.257 e. The van der Waals surface area contributed by atoms with Gasteiger partial charge in [-0.2, -0.15) is 0 Å². The fourth-order valence-corrected chi connectivity index (χ4v) is 1.82. The minimum Gasteiger partial charge on any atom is -0.322 e. The van der Waals surface area contributed by atoms with E-state index in [0.717, 1.165) is 12.1 Å². The molecule has 0 aliphatic carbocycles. The van der Waals surface area contributed by atoms with E-state index in [0.29, 0.717) is 10.2 Å². The van der Waals surface area contributed by atoms with Gasteiger partial charge < -0.3 is 5.32 Å². The zero-order chi connectivity index (χ0) is 13.0. The molecule has 0 spiro atoms. The number of pyridine rings is 1. The Kier molecular flexibility index (Phi) is 4.10. The van der Waals surface area contributed by atoms with E-state index in [1.807, 2.05) is 24.3 Å². The number of nitrogens with one attached hydrogen (secondary N) is 1. The summed E-state index contributed by atoms with van der Waals surface area (Å²) in [4.78, 5) is 16.0. The van der Waals surface area contributed by atoms with E-state index in [9.17, 15) is 4.79 Å². The van der Waals surface area contributed by atoms with E-state index in [1.54, 1.807) is 18.3 Å². The predicted octanol–water partition coefficient (Wildman–Crippen LogP) is 3.66. The number of halogens is 1. The summed E-state index contributed by atoms with van der Waals surface area (Å²) in [5, 5.41) is 2.86. The predicted molar refractivity (Wildman–Crippen MR) is 75.7 cm³/mol. The van der Waals surface area contributed by atoms with E-state index >= 15 is 0 Å². The molecule has 0 aliphatic heterocycles. The molecule has 0 saturated carbocycles. The largest absolute Gasteiger partial charge is 0.322 e. The highest BCUT2D eigenvalue weighted by molar-refractivity contribution is 9.10. The molecule has 1 N–H and O–H groups in total. The van der Waals surface area contributed by atoms with Gasteiger partial charge in [0.15, 0.2) is 0 Å². The van der Waals surface area contributed by atoms with Crippen molar-refractivity contribution < 1.29 is 4.79 Å². The number of hydrogen-bond acceptors (Lipinski definition) is 2. The lowest BCUT2D eigenvalue weighted by molar-refractivity contribution is 0.102. The lowest BCUT2D eigenvalue weighted by Gasteiger charge is -2.06. The molecular weight excluding hydrogens is 292 g/mol. The van der Waals surface area contributed by atoms with Crippen LogP contribution in [0.4, 0.5) is 5.69 Å². The van der Waals surface area contributed by atoms with Gasteiger partial charge in [0.2, 0.25) is 0 Å². The summed E-state index contributed by atoms with van der Waals surface area (Å²) in [7, 11) is 0. The third-order valence-electron chi connectivity index (χ3n) is 2.58. The van der Waals surface area contributed by atoms with Crippen LogP contribution in [0, 0.1) is 0 Å². The molecule has 2 aromatic rings. The number of anilines is 1. The van der Waals surface area contributed by atoms with Crippen LogP contribution in [-0.2, 0) is 6.42 Å². The van der Waals surface area contributed by atoms with Gasteiger partial charge in [-0.05, 0) is 52.2 Å². The molecule has 0 unspecified atom stereocenters. The van der Waals surface area contributed by atoms with Crippen molar-refractivity contribution in [2.75, 3.05) is 5.32 Å². The molecule has 18 heavy (non-hydrogen) atoms. The third kappa shape index (κ3) is 3.17. The first-order valence-corrected chi connectivity index (χ1v) is 6.50. The molecule has 1 aromatic carbocycles. The van der Waals surface area contributed by atoms with Crippen LogP contribution in [0.2, 0.25) is 0 Å². The molecule has 0 bridgehead atoms. The number of aryl methyl sites for hydroxylation is 1. The van der Waals surface area contributed by atoms with Crippen LogP contribution in [-0.4, -0.2) is 10.9 Å². The Labute approximate surface area is 114 Å². The molecule has 3 nitrogen and oxygen atoms in total. The van der Waals surface area contributed by atoms with Crippen LogP contribution in [0.25, 0.3) is 0 Å². The van der Waals surface area contributed by atoms with Gasteiger partial charge >= 0.3 is 0 Å². The van der Waals surface area contributed by atoms with Crippen LogP contribution in [0.5, 0.6) is 0 Å². The fraction of sp³-hybridized carbons (Fsp3) is 0.143. The van der Waals surface area contributed by atoms with Crippen LogP contribution in [0.3, 0.4) is 0 Å². The highest BCUT2D eigenvalue weighted by Crippen LogP contribution is 2.13. The number of nitrogens with zero attached hydrogens (tertiary/aromatic N) is 1. The summed E-state index contributed by atoms with van der Waals surface area (Å²) < 4.78 is 0.715. The van der Waals surface area contributed by atoms with Crippen molar-refractivity contribution in [1.82, 2.24) is 4.98 Å². The average molecular weight is 305 g/mol. The first kappa shape index (κ1) is 12.8. The molecule has 0 atom stereocenters. The number of benzene rings is 1. The maximum absolute atomic E-state index is 12.0. The second kappa shape index (κ2) is 5.78. The number of aromatic nitrogens is 1. The lowest BCUT2D eigenvalue weighted by atomic mass is 10.1. The Morgan fingerprint density at radius 3 is 2.83 bits per heavy atom. The molecule has 4 heteroatoms. The topological polar surface area (TPSA) is 42.0 Å². The minimum absolute atomic E-state index is 0.150. The van der Waals surface area contributed by atoms with Crippen molar-refractivity contribution in [3.63, 3.8) is 0 Å². The third-order valence-corrected chi connectivity index (χ3v) is 3.05. The summed E-state index contributed by atoms with van der Waals surface area (Å²) in [5.74, 6) is -0.150. The summed E-state index contributed by atoms with van der Waals surface area (Å²) in [6.07, 6.45) is 2.49. The molecule has 92 valence electrons.